The Bertz CT molecular complexity index is 1060. The van der Waals surface area contributed by atoms with Gasteiger partial charge in [0, 0.05) is 5.56 Å². The van der Waals surface area contributed by atoms with Crippen LogP contribution in [0.3, 0.4) is 0 Å². The molecule has 0 saturated heterocycles. The van der Waals surface area contributed by atoms with Crippen molar-refractivity contribution in [3.8, 4) is 17.2 Å². The zero-order chi connectivity index (χ0) is 22.1. The topological polar surface area (TPSA) is 82.1 Å². The van der Waals surface area contributed by atoms with E-state index in [1.807, 2.05) is 54.6 Å². The van der Waals surface area contributed by atoms with Crippen LogP contribution in [0.2, 0.25) is 0 Å². The normalized spacial score (nSPS) is 10.6. The number of ether oxygens (including phenoxy) is 3. The van der Waals surface area contributed by atoms with Crippen molar-refractivity contribution >= 4 is 17.8 Å². The van der Waals surface area contributed by atoms with Gasteiger partial charge in [0.15, 0.2) is 23.9 Å². The summed E-state index contributed by atoms with van der Waals surface area (Å²) in [6.45, 7) is -0.00284. The van der Waals surface area contributed by atoms with Gasteiger partial charge >= 0.3 is 5.97 Å². The van der Waals surface area contributed by atoms with Crippen LogP contribution >= 0.6 is 0 Å². The van der Waals surface area contributed by atoms with Crippen LogP contribution in [-0.2, 0) is 11.4 Å². The number of carboxylic acids is 1. The van der Waals surface area contributed by atoms with E-state index in [1.54, 1.807) is 12.1 Å². The van der Waals surface area contributed by atoms with Crippen LogP contribution in [0.1, 0.15) is 21.5 Å². The molecule has 31 heavy (non-hydrogen) atoms. The Morgan fingerprint density at radius 2 is 1.65 bits per heavy atom. The van der Waals surface area contributed by atoms with Crippen molar-refractivity contribution in [1.82, 2.24) is 0 Å². The number of carbonyl (C=O) groups excluding carboxylic acids is 1. The fourth-order valence-electron chi connectivity index (χ4n) is 2.76. The van der Waals surface area contributed by atoms with Gasteiger partial charge in [-0.1, -0.05) is 48.5 Å². The van der Waals surface area contributed by atoms with E-state index in [0.717, 1.165) is 16.9 Å². The van der Waals surface area contributed by atoms with Crippen LogP contribution in [0.4, 0.5) is 0 Å². The molecular weight excluding hydrogens is 396 g/mol. The van der Waals surface area contributed by atoms with Gasteiger partial charge < -0.3 is 19.3 Å². The van der Waals surface area contributed by atoms with Gasteiger partial charge in [0.1, 0.15) is 12.4 Å². The lowest BCUT2D eigenvalue weighted by atomic mass is 10.1. The van der Waals surface area contributed by atoms with Gasteiger partial charge in [-0.3, -0.25) is 4.79 Å². The molecule has 0 unspecified atom stereocenters. The van der Waals surface area contributed by atoms with E-state index in [4.69, 9.17) is 19.3 Å². The number of hydrogen-bond donors (Lipinski definition) is 1. The maximum atomic E-state index is 12.5. The van der Waals surface area contributed by atoms with Crippen molar-refractivity contribution in [3.05, 3.63) is 95.6 Å². The molecule has 3 aromatic carbocycles. The van der Waals surface area contributed by atoms with Crippen molar-refractivity contribution in [3.63, 3.8) is 0 Å². The average molecular weight is 418 g/mol. The molecule has 0 aliphatic heterocycles. The first-order chi connectivity index (χ1) is 15.0. The van der Waals surface area contributed by atoms with E-state index in [1.165, 1.54) is 25.3 Å². The molecule has 3 rings (SSSR count). The van der Waals surface area contributed by atoms with Crippen molar-refractivity contribution in [2.45, 2.75) is 6.61 Å². The number of allylic oxidation sites excluding steroid dienone is 1. The molecule has 6 heteroatoms. The molecule has 158 valence electrons. The minimum absolute atomic E-state index is 0.215. The third-order valence-electron chi connectivity index (χ3n) is 4.35. The van der Waals surface area contributed by atoms with E-state index >= 15 is 0 Å². The number of hydrogen-bond acceptors (Lipinski definition) is 5. The number of benzene rings is 3. The van der Waals surface area contributed by atoms with Gasteiger partial charge in [-0.2, -0.15) is 0 Å². The summed E-state index contributed by atoms with van der Waals surface area (Å²) in [5.41, 5.74) is 2.35. The van der Waals surface area contributed by atoms with Crippen LogP contribution in [0.15, 0.2) is 78.9 Å². The van der Waals surface area contributed by atoms with Gasteiger partial charge in [0.05, 0.1) is 7.11 Å². The van der Waals surface area contributed by atoms with Crippen LogP contribution < -0.4 is 14.2 Å². The third-order valence-corrected chi connectivity index (χ3v) is 4.35. The molecule has 0 aromatic heterocycles. The van der Waals surface area contributed by atoms with Crippen LogP contribution in [0, 0.1) is 0 Å². The first-order valence-electron chi connectivity index (χ1n) is 9.57. The van der Waals surface area contributed by atoms with E-state index in [2.05, 4.69) is 0 Å². The summed E-state index contributed by atoms with van der Waals surface area (Å²) in [6, 6.07) is 21.9. The van der Waals surface area contributed by atoms with Gasteiger partial charge in [-0.05, 0) is 47.5 Å². The monoisotopic (exact) mass is 418 g/mol. The number of methoxy groups -OCH3 is 1. The average Bonchev–Trinajstić information content (AvgIpc) is 2.81. The minimum Gasteiger partial charge on any atom is -0.493 e. The Hall–Kier alpha value is -4.06. The first-order valence-corrected chi connectivity index (χ1v) is 9.57. The van der Waals surface area contributed by atoms with E-state index < -0.39 is 12.6 Å². The maximum Gasteiger partial charge on any atom is 0.341 e. The smallest absolute Gasteiger partial charge is 0.341 e. The molecule has 0 aliphatic rings. The van der Waals surface area contributed by atoms with Crippen LogP contribution in [-0.4, -0.2) is 30.6 Å². The summed E-state index contributed by atoms with van der Waals surface area (Å²) in [6.07, 6.45) is 3.18. The molecule has 0 heterocycles. The second-order valence-electron chi connectivity index (χ2n) is 6.59. The molecule has 1 N–H and O–H groups in total. The Balaban J connectivity index is 1.60. The zero-order valence-corrected chi connectivity index (χ0v) is 17.0. The Labute approximate surface area is 180 Å². The summed E-state index contributed by atoms with van der Waals surface area (Å²) in [4.78, 5) is 23.1. The van der Waals surface area contributed by atoms with Gasteiger partial charge in [0.2, 0.25) is 0 Å². The Morgan fingerprint density at radius 1 is 0.903 bits per heavy atom. The molecule has 0 bridgehead atoms. The summed E-state index contributed by atoms with van der Waals surface area (Å²) < 4.78 is 16.1. The molecule has 0 saturated carbocycles. The summed E-state index contributed by atoms with van der Waals surface area (Å²) in [5, 5.41) is 8.72. The van der Waals surface area contributed by atoms with E-state index in [-0.39, 0.29) is 11.5 Å². The first kappa shape index (κ1) is 21.6. The quantitative estimate of drug-likeness (QED) is 0.382. The highest BCUT2D eigenvalue weighted by Crippen LogP contribution is 2.28. The number of rotatable bonds is 10. The van der Waals surface area contributed by atoms with Crippen molar-refractivity contribution in [2.75, 3.05) is 13.7 Å². The van der Waals surface area contributed by atoms with Crippen LogP contribution in [0.5, 0.6) is 17.2 Å². The van der Waals surface area contributed by atoms with Crippen molar-refractivity contribution < 1.29 is 28.9 Å². The molecule has 0 atom stereocenters. The number of carbonyl (C=O) groups is 2. The second kappa shape index (κ2) is 10.6. The van der Waals surface area contributed by atoms with Gasteiger partial charge in [-0.25, -0.2) is 4.79 Å². The molecule has 3 aromatic rings. The third kappa shape index (κ3) is 6.47. The fraction of sp³-hybridized carbons (Fsp3) is 0.120. The molecular formula is C25H22O6. The lowest BCUT2D eigenvalue weighted by Gasteiger charge is -2.10. The van der Waals surface area contributed by atoms with E-state index in [0.29, 0.717) is 17.9 Å². The molecule has 0 radical (unpaired) electrons. The largest absolute Gasteiger partial charge is 0.493 e. The van der Waals surface area contributed by atoms with Gasteiger partial charge in [-0.15, -0.1) is 0 Å². The SMILES string of the molecule is COc1cc(C(=O)C=Cc2ccc(OCc3ccccc3)cc2)ccc1OCC(=O)O. The molecule has 0 amide bonds. The van der Waals surface area contributed by atoms with Crippen molar-refractivity contribution in [1.29, 1.82) is 0 Å². The zero-order valence-electron chi connectivity index (χ0n) is 17.0. The predicted octanol–water partition coefficient (Wildman–Crippen LogP) is 4.63. The lowest BCUT2D eigenvalue weighted by Crippen LogP contribution is -2.10. The lowest BCUT2D eigenvalue weighted by molar-refractivity contribution is -0.139. The van der Waals surface area contributed by atoms with E-state index in [9.17, 15) is 9.59 Å². The predicted molar refractivity (Wildman–Crippen MR) is 117 cm³/mol. The standard InChI is InChI=1S/C25H22O6/c1-29-24-15-20(10-14-23(24)31-17-25(27)28)22(26)13-9-18-7-11-21(12-8-18)30-16-19-5-3-2-4-6-19/h2-15H,16-17H2,1H3,(H,27,28). The van der Waals surface area contributed by atoms with Crippen molar-refractivity contribution in [2.24, 2.45) is 0 Å². The Kier molecular flexibility index (Phi) is 7.43. The highest BCUT2D eigenvalue weighted by molar-refractivity contribution is 6.07. The highest BCUT2D eigenvalue weighted by Gasteiger charge is 2.10. The molecule has 0 fully saturated rings. The molecule has 0 aliphatic carbocycles. The summed E-state index contributed by atoms with van der Waals surface area (Å²) in [5.74, 6) is -0.0138. The number of ketones is 1. The molecule has 6 nitrogen and oxygen atoms in total. The highest BCUT2D eigenvalue weighted by atomic mass is 16.5. The minimum atomic E-state index is -1.10. The summed E-state index contributed by atoms with van der Waals surface area (Å²) >= 11 is 0. The van der Waals surface area contributed by atoms with Crippen LogP contribution in [0.25, 0.3) is 6.08 Å². The summed E-state index contributed by atoms with van der Waals surface area (Å²) in [7, 11) is 1.43. The maximum absolute atomic E-state index is 12.5. The molecule has 0 spiro atoms. The Morgan fingerprint density at radius 3 is 2.32 bits per heavy atom. The number of aliphatic carboxylic acids is 1. The number of carboxylic acid groups (broad SMARTS) is 1. The van der Waals surface area contributed by atoms with Gasteiger partial charge in [0.25, 0.3) is 0 Å². The fourth-order valence-corrected chi connectivity index (χ4v) is 2.76. The second-order valence-corrected chi connectivity index (χ2v) is 6.59.